The predicted molar refractivity (Wildman–Crippen MR) is 121 cm³/mol. The van der Waals surface area contributed by atoms with Gasteiger partial charge in [-0.3, -0.25) is 10.1 Å². The molecule has 0 aliphatic heterocycles. The molecule has 0 saturated carbocycles. The van der Waals surface area contributed by atoms with Gasteiger partial charge in [-0.25, -0.2) is 14.4 Å². The van der Waals surface area contributed by atoms with E-state index in [0.717, 1.165) is 31.3 Å². The molecule has 0 fully saturated rings. The van der Waals surface area contributed by atoms with E-state index in [1.807, 2.05) is 24.3 Å². The summed E-state index contributed by atoms with van der Waals surface area (Å²) in [5.74, 6) is -0.349. The maximum atomic E-state index is 15.0. The van der Waals surface area contributed by atoms with Crippen molar-refractivity contribution in [1.82, 2.24) is 35.1 Å². The lowest BCUT2D eigenvalue weighted by Crippen LogP contribution is -1.81. The number of fused-ring (bicyclic) bond motifs is 9. The highest BCUT2D eigenvalue weighted by atomic mass is 32.1. The Bertz CT molecular complexity index is 1870. The van der Waals surface area contributed by atoms with Crippen LogP contribution in [0.5, 0.6) is 0 Å². The van der Waals surface area contributed by atoms with Crippen LogP contribution in [-0.4, -0.2) is 35.1 Å². The quantitative estimate of drug-likeness (QED) is 0.299. The standard InChI is InChI=1S/C22H12FN7S/c23-15-7-16-14-6-13(15)10-5-11(9-24-8-10)26-18-2-1-17(31-18)12-3-4-25-21-19(12)27-22(28-21)20(14)30-29-16/h1-9,26H,(H,29,30)(H,25,27,28). The zero-order valence-corrected chi connectivity index (χ0v) is 16.6. The summed E-state index contributed by atoms with van der Waals surface area (Å²) in [5, 5.41) is 10.2. The highest BCUT2D eigenvalue weighted by Crippen LogP contribution is 2.30. The Hall–Kier alpha value is -4.11. The summed E-state index contributed by atoms with van der Waals surface area (Å²) in [4.78, 5) is 21.2. The van der Waals surface area contributed by atoms with Crippen molar-refractivity contribution in [2.75, 3.05) is 0 Å². The van der Waals surface area contributed by atoms with Crippen LogP contribution in [0.2, 0.25) is 0 Å². The van der Waals surface area contributed by atoms with Crippen molar-refractivity contribution >= 4 is 75.8 Å². The summed E-state index contributed by atoms with van der Waals surface area (Å²) in [6.45, 7) is 0. The topological polar surface area (TPSA) is 98.9 Å². The van der Waals surface area contributed by atoms with Crippen LogP contribution in [0, 0.1) is 5.82 Å². The summed E-state index contributed by atoms with van der Waals surface area (Å²) in [5.41, 5.74) is 4.02. The second-order valence-electron chi connectivity index (χ2n) is 7.34. The second kappa shape index (κ2) is 5.96. The van der Waals surface area contributed by atoms with Crippen LogP contribution in [0.25, 0.3) is 64.4 Å². The maximum Gasteiger partial charge on any atom is 0.160 e. The largest absolute Gasteiger partial charge is 0.346 e. The Labute approximate surface area is 176 Å². The second-order valence-corrected chi connectivity index (χ2v) is 8.43. The minimum atomic E-state index is -0.349. The molecule has 8 bridgehead atoms. The van der Waals surface area contributed by atoms with E-state index in [1.165, 1.54) is 6.07 Å². The van der Waals surface area contributed by atoms with Gasteiger partial charge in [0.05, 0.1) is 22.1 Å². The van der Waals surface area contributed by atoms with E-state index in [0.29, 0.717) is 33.1 Å². The third-order valence-corrected chi connectivity index (χ3v) is 6.48. The molecule has 0 aliphatic carbocycles. The van der Waals surface area contributed by atoms with Gasteiger partial charge in [0.2, 0.25) is 0 Å². The smallest absolute Gasteiger partial charge is 0.160 e. The van der Waals surface area contributed by atoms with Gasteiger partial charge in [0.15, 0.2) is 11.3 Å². The summed E-state index contributed by atoms with van der Waals surface area (Å²) in [6, 6.07) is 11.2. The van der Waals surface area contributed by atoms with E-state index in [2.05, 4.69) is 30.1 Å². The zero-order chi connectivity index (χ0) is 20.5. The summed E-state index contributed by atoms with van der Waals surface area (Å²) in [6.07, 6.45) is 5.15. The fourth-order valence-electron chi connectivity index (χ4n) is 4.01. The lowest BCUT2D eigenvalue weighted by molar-refractivity contribution is 0.641. The van der Waals surface area contributed by atoms with Crippen LogP contribution in [0.4, 0.5) is 4.39 Å². The number of nitrogens with one attached hydrogen (secondary N) is 3. The van der Waals surface area contributed by atoms with Gasteiger partial charge in [0, 0.05) is 44.7 Å². The Morgan fingerprint density at radius 2 is 1.84 bits per heavy atom. The van der Waals surface area contributed by atoms with Gasteiger partial charge in [0.25, 0.3) is 0 Å². The number of hydrogen-bond donors (Lipinski definition) is 3. The first-order valence-corrected chi connectivity index (χ1v) is 10.4. The maximum absolute atomic E-state index is 15.0. The van der Waals surface area contributed by atoms with Crippen molar-refractivity contribution in [3.05, 3.63) is 60.8 Å². The van der Waals surface area contributed by atoms with Crippen LogP contribution in [0.3, 0.4) is 0 Å². The van der Waals surface area contributed by atoms with Gasteiger partial charge < -0.3 is 9.97 Å². The van der Waals surface area contributed by atoms with E-state index in [4.69, 9.17) is 4.98 Å². The van der Waals surface area contributed by atoms with Gasteiger partial charge in [-0.1, -0.05) is 0 Å². The number of benzene rings is 1. The Morgan fingerprint density at radius 3 is 2.81 bits per heavy atom. The summed E-state index contributed by atoms with van der Waals surface area (Å²) in [7, 11) is 0. The first-order valence-electron chi connectivity index (χ1n) is 9.58. The number of nitrogens with zero attached hydrogens (tertiary/aromatic N) is 4. The van der Waals surface area contributed by atoms with E-state index in [9.17, 15) is 4.39 Å². The number of imidazole rings is 1. The molecule has 0 atom stereocenters. The highest BCUT2D eigenvalue weighted by Gasteiger charge is 2.12. The highest BCUT2D eigenvalue weighted by molar-refractivity contribution is 7.23. The van der Waals surface area contributed by atoms with E-state index < -0.39 is 0 Å². The van der Waals surface area contributed by atoms with E-state index in [-0.39, 0.29) is 5.82 Å². The molecule has 6 aromatic heterocycles. The number of H-pyrrole nitrogens is 3. The number of halogens is 1. The normalized spacial score (nSPS) is 12.0. The SMILES string of the molecule is Fc1cc2[nH]nc3c4nc5c(nccc5c5ccc([nH]c6cncc(c6)c1cc23)s5)[nH]4. The Balaban J connectivity index is 1.81. The minimum Gasteiger partial charge on any atom is -0.346 e. The minimum absolute atomic E-state index is 0.349. The summed E-state index contributed by atoms with van der Waals surface area (Å²) < 4.78 is 16.0. The molecule has 6 heterocycles. The average molecular weight is 425 g/mol. The van der Waals surface area contributed by atoms with Crippen molar-refractivity contribution in [3.63, 3.8) is 0 Å². The molecule has 148 valence electrons. The number of hydrogen-bond acceptors (Lipinski definition) is 5. The molecular weight excluding hydrogens is 413 g/mol. The van der Waals surface area contributed by atoms with Crippen LogP contribution >= 0.6 is 11.3 Å². The summed E-state index contributed by atoms with van der Waals surface area (Å²) >= 11 is 1.60. The van der Waals surface area contributed by atoms with Gasteiger partial charge in [-0.05, 0) is 30.3 Å². The van der Waals surface area contributed by atoms with E-state index >= 15 is 0 Å². The fraction of sp³-hybridized carbons (Fsp3) is 0. The lowest BCUT2D eigenvalue weighted by Gasteiger charge is -1.98. The molecule has 9 heteroatoms. The molecule has 0 unspecified atom stereocenters. The van der Waals surface area contributed by atoms with Crippen LogP contribution in [0.1, 0.15) is 0 Å². The third-order valence-electron chi connectivity index (χ3n) is 5.45. The van der Waals surface area contributed by atoms with Crippen LogP contribution < -0.4 is 0 Å². The zero-order valence-electron chi connectivity index (χ0n) is 15.8. The average Bonchev–Trinajstić information content (AvgIpc) is 3.50. The monoisotopic (exact) mass is 425 g/mol. The molecule has 7 rings (SSSR count). The molecule has 0 spiro atoms. The van der Waals surface area contributed by atoms with Crippen molar-refractivity contribution in [2.45, 2.75) is 0 Å². The number of thiophene rings is 1. The number of aromatic amines is 3. The van der Waals surface area contributed by atoms with Gasteiger partial charge >= 0.3 is 0 Å². The first kappa shape index (κ1) is 16.7. The van der Waals surface area contributed by atoms with Crippen molar-refractivity contribution in [2.24, 2.45) is 0 Å². The Morgan fingerprint density at radius 1 is 0.871 bits per heavy atom. The fourth-order valence-corrected chi connectivity index (χ4v) is 4.96. The molecule has 31 heavy (non-hydrogen) atoms. The number of pyridine rings is 2. The molecule has 0 saturated heterocycles. The van der Waals surface area contributed by atoms with Crippen molar-refractivity contribution < 1.29 is 4.39 Å². The number of aromatic nitrogens is 7. The van der Waals surface area contributed by atoms with E-state index in [1.54, 1.807) is 36.0 Å². The first-order chi connectivity index (χ1) is 15.2. The molecule has 1 aromatic carbocycles. The van der Waals surface area contributed by atoms with Gasteiger partial charge in [-0.2, -0.15) is 5.10 Å². The van der Waals surface area contributed by atoms with Crippen LogP contribution in [0.15, 0.2) is 55.0 Å². The molecule has 0 amide bonds. The molecular formula is C22H12FN7S. The van der Waals surface area contributed by atoms with Crippen molar-refractivity contribution in [1.29, 1.82) is 0 Å². The number of rotatable bonds is 0. The molecule has 0 aliphatic rings. The molecule has 0 radical (unpaired) electrons. The van der Waals surface area contributed by atoms with Gasteiger partial charge in [0.1, 0.15) is 16.9 Å². The molecule has 3 N–H and O–H groups in total. The lowest BCUT2D eigenvalue weighted by atomic mass is 10.1. The predicted octanol–water partition coefficient (Wildman–Crippen LogP) is 5.50. The molecule has 7 aromatic rings. The van der Waals surface area contributed by atoms with Crippen LogP contribution in [-0.2, 0) is 0 Å². The Kier molecular flexibility index (Phi) is 3.20. The van der Waals surface area contributed by atoms with Gasteiger partial charge in [-0.15, -0.1) is 11.3 Å². The molecule has 7 nitrogen and oxygen atoms in total. The third kappa shape index (κ3) is 2.44. The van der Waals surface area contributed by atoms with Crippen molar-refractivity contribution in [3.8, 4) is 0 Å².